The van der Waals surface area contributed by atoms with Gasteiger partial charge in [-0.15, -0.1) is 0 Å². The number of aromatic carboxylic acids is 1. The average molecular weight is 674 g/mol. The Balaban J connectivity index is 1.49. The first kappa shape index (κ1) is 32.7. The summed E-state index contributed by atoms with van der Waals surface area (Å²) in [6.45, 7) is 11.2. The maximum Gasteiger partial charge on any atom is 0.336 e. The largest absolute Gasteiger partial charge is 0.494 e. The number of benzene rings is 3. The van der Waals surface area contributed by atoms with Crippen molar-refractivity contribution < 1.29 is 19.4 Å². The Morgan fingerprint density at radius 3 is 2.38 bits per heavy atom. The minimum atomic E-state index is -1.02. The number of carboxylic acid groups (broad SMARTS) is 1. The minimum Gasteiger partial charge on any atom is -0.494 e. The van der Waals surface area contributed by atoms with Crippen molar-refractivity contribution in [2.24, 2.45) is 7.05 Å². The molecule has 0 spiro atoms. The van der Waals surface area contributed by atoms with Crippen LogP contribution >= 0.6 is 23.2 Å². The van der Waals surface area contributed by atoms with Gasteiger partial charge in [0.1, 0.15) is 11.4 Å². The van der Waals surface area contributed by atoms with Crippen LogP contribution in [0.25, 0.3) is 22.0 Å². The fourth-order valence-electron chi connectivity index (χ4n) is 7.01. The van der Waals surface area contributed by atoms with E-state index in [0.29, 0.717) is 60.9 Å². The molecule has 6 rings (SSSR count). The molecule has 47 heavy (non-hydrogen) atoms. The first-order chi connectivity index (χ1) is 22.4. The number of carboxylic acids is 1. The Kier molecular flexibility index (Phi) is 8.85. The summed E-state index contributed by atoms with van der Waals surface area (Å²) in [4.78, 5) is 28.5. The number of amides is 1. The SMILES string of the molecule is Cc1cc(OCCCc2c3n(c4c(-c5c(C)nn(C)c5C)c(Cl)ccc24)CCCN(c2cccc(C(=O)O)c2C)C3=O)cc(C)c1Cl. The average Bonchev–Trinajstić information content (AvgIpc) is 3.39. The number of aromatic nitrogens is 3. The second kappa shape index (κ2) is 12.7. The first-order valence-corrected chi connectivity index (χ1v) is 16.5. The Morgan fingerprint density at radius 1 is 1.00 bits per heavy atom. The molecule has 3 heterocycles. The lowest BCUT2D eigenvalue weighted by Crippen LogP contribution is -2.32. The third kappa shape index (κ3) is 5.68. The van der Waals surface area contributed by atoms with Gasteiger partial charge in [0.2, 0.25) is 0 Å². The van der Waals surface area contributed by atoms with Gasteiger partial charge in [0, 0.05) is 53.1 Å². The third-order valence-corrected chi connectivity index (χ3v) is 10.2. The minimum absolute atomic E-state index is 0.161. The van der Waals surface area contributed by atoms with Gasteiger partial charge < -0.3 is 19.3 Å². The molecule has 0 atom stereocenters. The summed E-state index contributed by atoms with van der Waals surface area (Å²) in [6.07, 6.45) is 1.93. The molecule has 8 nitrogen and oxygen atoms in total. The molecule has 0 fully saturated rings. The maximum atomic E-state index is 14.8. The van der Waals surface area contributed by atoms with E-state index in [-0.39, 0.29) is 11.5 Å². The molecule has 1 aliphatic heterocycles. The van der Waals surface area contributed by atoms with E-state index in [1.165, 1.54) is 0 Å². The summed E-state index contributed by atoms with van der Waals surface area (Å²) in [5.74, 6) is -0.419. The number of anilines is 1. The molecular formula is C37H38Cl2N4O4. The lowest BCUT2D eigenvalue weighted by molar-refractivity contribution is 0.0695. The van der Waals surface area contributed by atoms with Crippen LogP contribution in [-0.4, -0.2) is 44.5 Å². The Hall–Kier alpha value is -4.27. The van der Waals surface area contributed by atoms with Gasteiger partial charge in [-0.25, -0.2) is 4.79 Å². The zero-order valence-corrected chi connectivity index (χ0v) is 29.0. The summed E-state index contributed by atoms with van der Waals surface area (Å²) >= 11 is 13.4. The van der Waals surface area contributed by atoms with E-state index in [1.807, 2.05) is 69.8 Å². The van der Waals surface area contributed by atoms with Gasteiger partial charge in [0.05, 0.1) is 28.4 Å². The maximum absolute atomic E-state index is 14.8. The van der Waals surface area contributed by atoms with Gasteiger partial charge in [-0.3, -0.25) is 9.48 Å². The van der Waals surface area contributed by atoms with Gasteiger partial charge in [0.25, 0.3) is 5.91 Å². The van der Waals surface area contributed by atoms with E-state index in [4.69, 9.17) is 27.9 Å². The highest BCUT2D eigenvalue weighted by molar-refractivity contribution is 6.35. The van der Waals surface area contributed by atoms with Crippen LogP contribution < -0.4 is 9.64 Å². The number of hydrogen-bond acceptors (Lipinski definition) is 4. The number of carbonyl (C=O) groups excluding carboxylic acids is 1. The lowest BCUT2D eigenvalue weighted by Gasteiger charge is -2.24. The predicted octanol–water partition coefficient (Wildman–Crippen LogP) is 8.65. The van der Waals surface area contributed by atoms with Gasteiger partial charge >= 0.3 is 5.97 Å². The molecule has 0 unspecified atom stereocenters. The van der Waals surface area contributed by atoms with Crippen molar-refractivity contribution in [3.63, 3.8) is 0 Å². The number of fused-ring (bicyclic) bond motifs is 3. The van der Waals surface area contributed by atoms with Crippen molar-refractivity contribution >= 4 is 51.7 Å². The van der Waals surface area contributed by atoms with Crippen LogP contribution in [-0.2, 0) is 20.0 Å². The van der Waals surface area contributed by atoms with E-state index >= 15 is 0 Å². The standard InChI is InChI=1S/C37H38Cl2N4O4/c1-20-18-25(19-21(2)33(20)39)47-17-8-11-27-28-13-14-29(38)32(31-23(4)40-41(6)24(31)5)34(28)43-16-9-15-42(36(44)35(27)43)30-12-7-10-26(22(30)3)37(45)46/h7,10,12-14,18-19H,8-9,11,15-17H2,1-6H3,(H,45,46). The molecule has 1 aliphatic rings. The lowest BCUT2D eigenvalue weighted by atomic mass is 9.98. The summed E-state index contributed by atoms with van der Waals surface area (Å²) < 4.78 is 10.2. The molecule has 0 saturated heterocycles. The number of hydrogen-bond donors (Lipinski definition) is 1. The van der Waals surface area contributed by atoms with Gasteiger partial charge in [-0.05, 0) is 106 Å². The molecule has 0 bridgehead atoms. The van der Waals surface area contributed by atoms with Crippen LogP contribution in [0.3, 0.4) is 0 Å². The van der Waals surface area contributed by atoms with Crippen molar-refractivity contribution in [2.45, 2.75) is 60.4 Å². The van der Waals surface area contributed by atoms with E-state index in [2.05, 4.69) is 9.67 Å². The number of ether oxygens (including phenoxy) is 1. The highest BCUT2D eigenvalue weighted by Gasteiger charge is 2.33. The number of halogens is 2. The van der Waals surface area contributed by atoms with Crippen molar-refractivity contribution in [3.05, 3.63) is 97.4 Å². The van der Waals surface area contributed by atoms with Crippen LogP contribution in [0.4, 0.5) is 5.69 Å². The predicted molar refractivity (Wildman–Crippen MR) is 188 cm³/mol. The molecule has 0 radical (unpaired) electrons. The van der Waals surface area contributed by atoms with Crippen LogP contribution in [0.5, 0.6) is 5.75 Å². The number of aryl methyl sites for hydroxylation is 6. The molecule has 3 aromatic carbocycles. The second-order valence-electron chi connectivity index (χ2n) is 12.4. The van der Waals surface area contributed by atoms with Crippen molar-refractivity contribution in [1.29, 1.82) is 0 Å². The second-order valence-corrected chi connectivity index (χ2v) is 13.1. The first-order valence-electron chi connectivity index (χ1n) is 15.8. The van der Waals surface area contributed by atoms with E-state index in [1.54, 1.807) is 24.0 Å². The van der Waals surface area contributed by atoms with Gasteiger partial charge in [-0.2, -0.15) is 5.10 Å². The quantitative estimate of drug-likeness (QED) is 0.167. The topological polar surface area (TPSA) is 89.6 Å². The molecule has 5 aromatic rings. The van der Waals surface area contributed by atoms with Crippen molar-refractivity contribution in [1.82, 2.24) is 14.3 Å². The van der Waals surface area contributed by atoms with Gasteiger partial charge in [-0.1, -0.05) is 35.3 Å². The fraction of sp³-hybridized carbons (Fsp3) is 0.324. The Bertz CT molecular complexity index is 2050. The molecule has 244 valence electrons. The smallest absolute Gasteiger partial charge is 0.336 e. The van der Waals surface area contributed by atoms with Crippen LogP contribution in [0.2, 0.25) is 10.0 Å². The number of rotatable bonds is 8. The molecule has 0 aliphatic carbocycles. The molecule has 0 saturated carbocycles. The van der Waals surface area contributed by atoms with E-state index in [9.17, 15) is 14.7 Å². The van der Waals surface area contributed by atoms with Crippen molar-refractivity contribution in [3.8, 4) is 16.9 Å². The Labute approximate surface area is 284 Å². The summed E-state index contributed by atoms with van der Waals surface area (Å²) in [5.41, 5.74) is 9.39. The Morgan fingerprint density at radius 2 is 1.72 bits per heavy atom. The monoisotopic (exact) mass is 672 g/mol. The molecule has 10 heteroatoms. The zero-order chi connectivity index (χ0) is 33.7. The highest BCUT2D eigenvalue weighted by atomic mass is 35.5. The fourth-order valence-corrected chi connectivity index (χ4v) is 7.37. The number of nitrogens with zero attached hydrogens (tertiary/aromatic N) is 4. The van der Waals surface area contributed by atoms with Gasteiger partial charge in [0.15, 0.2) is 0 Å². The summed E-state index contributed by atoms with van der Waals surface area (Å²) in [7, 11) is 1.92. The van der Waals surface area contributed by atoms with Crippen LogP contribution in [0.15, 0.2) is 42.5 Å². The molecular weight excluding hydrogens is 635 g/mol. The van der Waals surface area contributed by atoms with Crippen LogP contribution in [0.1, 0.15) is 67.3 Å². The zero-order valence-electron chi connectivity index (χ0n) is 27.5. The number of carbonyl (C=O) groups is 2. The molecule has 1 N–H and O–H groups in total. The van der Waals surface area contributed by atoms with E-state index in [0.717, 1.165) is 60.9 Å². The molecule has 2 aromatic heterocycles. The molecule has 1 amide bonds. The van der Waals surface area contributed by atoms with Crippen LogP contribution in [0, 0.1) is 34.6 Å². The summed E-state index contributed by atoms with van der Waals surface area (Å²) in [6, 6.07) is 12.9. The highest BCUT2D eigenvalue weighted by Crippen LogP contribution is 2.43. The van der Waals surface area contributed by atoms with E-state index < -0.39 is 5.97 Å². The third-order valence-electron chi connectivity index (χ3n) is 9.32. The normalized spacial score (nSPS) is 13.3. The van der Waals surface area contributed by atoms with Crippen molar-refractivity contribution in [2.75, 3.05) is 18.1 Å². The summed E-state index contributed by atoms with van der Waals surface area (Å²) in [5, 5.41) is 16.8.